The van der Waals surface area contributed by atoms with Gasteiger partial charge in [-0.15, -0.1) is 0 Å². The maximum Gasteiger partial charge on any atom is 0.326 e. The van der Waals surface area contributed by atoms with Crippen LogP contribution in [0.5, 0.6) is 5.75 Å². The molecule has 5 nitrogen and oxygen atoms in total. The molecule has 90 valence electrons. The van der Waals surface area contributed by atoms with E-state index in [0.717, 1.165) is 11.1 Å². The van der Waals surface area contributed by atoms with E-state index in [1.807, 2.05) is 0 Å². The smallest absolute Gasteiger partial charge is 0.326 e. The highest BCUT2D eigenvalue weighted by Crippen LogP contribution is 2.26. The fourth-order valence-electron chi connectivity index (χ4n) is 2.12. The number of carbonyl (C=O) groups excluding carboxylic acids is 1. The van der Waals surface area contributed by atoms with Gasteiger partial charge in [0, 0.05) is 19.9 Å². The number of fused-ring (bicyclic) bond motifs is 1. The largest absolute Gasteiger partial charge is 0.508 e. The Labute approximate surface area is 98.3 Å². The van der Waals surface area contributed by atoms with Crippen LogP contribution in [-0.4, -0.2) is 33.0 Å². The molecule has 1 aromatic carbocycles. The second-order valence-electron chi connectivity index (χ2n) is 4.16. The van der Waals surface area contributed by atoms with Gasteiger partial charge in [-0.1, -0.05) is 6.07 Å². The van der Waals surface area contributed by atoms with Crippen LogP contribution in [0.4, 0.5) is 0 Å². The molecule has 0 fully saturated rings. The van der Waals surface area contributed by atoms with Gasteiger partial charge < -0.3 is 15.1 Å². The van der Waals surface area contributed by atoms with E-state index in [2.05, 4.69) is 0 Å². The maximum atomic E-state index is 11.4. The molecule has 17 heavy (non-hydrogen) atoms. The molecule has 0 unspecified atom stereocenters. The van der Waals surface area contributed by atoms with Crippen LogP contribution in [0.25, 0.3) is 0 Å². The second kappa shape index (κ2) is 4.08. The summed E-state index contributed by atoms with van der Waals surface area (Å²) in [5.41, 5.74) is 1.67. The van der Waals surface area contributed by atoms with Crippen molar-refractivity contribution in [1.29, 1.82) is 0 Å². The fraction of sp³-hybridized carbons (Fsp3) is 0.333. The molecule has 0 saturated heterocycles. The summed E-state index contributed by atoms with van der Waals surface area (Å²) in [5, 5.41) is 18.5. The van der Waals surface area contributed by atoms with E-state index < -0.39 is 12.0 Å². The second-order valence-corrected chi connectivity index (χ2v) is 4.16. The van der Waals surface area contributed by atoms with Crippen LogP contribution in [0, 0.1) is 0 Å². The first-order valence-electron chi connectivity index (χ1n) is 5.30. The molecule has 2 rings (SSSR count). The van der Waals surface area contributed by atoms with Crippen molar-refractivity contribution in [1.82, 2.24) is 4.90 Å². The number of carboxylic acids is 1. The van der Waals surface area contributed by atoms with Gasteiger partial charge in [0.15, 0.2) is 0 Å². The van der Waals surface area contributed by atoms with E-state index >= 15 is 0 Å². The van der Waals surface area contributed by atoms with E-state index in [1.165, 1.54) is 17.9 Å². The Morgan fingerprint density at radius 1 is 1.35 bits per heavy atom. The first kappa shape index (κ1) is 11.4. The van der Waals surface area contributed by atoms with Gasteiger partial charge in [-0.25, -0.2) is 4.79 Å². The van der Waals surface area contributed by atoms with Crippen molar-refractivity contribution in [2.75, 3.05) is 0 Å². The average Bonchev–Trinajstić information content (AvgIpc) is 2.26. The number of aliphatic carboxylic acids is 1. The molecule has 0 aliphatic carbocycles. The van der Waals surface area contributed by atoms with Crippen molar-refractivity contribution >= 4 is 11.9 Å². The molecule has 1 heterocycles. The third-order valence-electron chi connectivity index (χ3n) is 3.01. The highest BCUT2D eigenvalue weighted by molar-refractivity contribution is 5.83. The molecule has 0 radical (unpaired) electrons. The predicted molar refractivity (Wildman–Crippen MR) is 59.5 cm³/mol. The molecule has 0 aromatic heterocycles. The molecule has 1 atom stereocenters. The number of aromatic hydroxyl groups is 1. The third-order valence-corrected chi connectivity index (χ3v) is 3.01. The normalized spacial score (nSPS) is 18.6. The number of benzene rings is 1. The third kappa shape index (κ3) is 2.08. The van der Waals surface area contributed by atoms with Crippen molar-refractivity contribution in [3.8, 4) is 5.75 Å². The number of nitrogens with zero attached hydrogens (tertiary/aromatic N) is 1. The zero-order valence-corrected chi connectivity index (χ0v) is 9.38. The standard InChI is InChI=1S/C12H13NO4/c1-7(14)13-6-9-4-10(15)3-2-8(9)5-11(13)12(16)17/h2-4,11,15H,5-6H2,1H3,(H,16,17)/t11-/m0/s1. The summed E-state index contributed by atoms with van der Waals surface area (Å²) in [4.78, 5) is 23.8. The summed E-state index contributed by atoms with van der Waals surface area (Å²) in [6.07, 6.45) is 0.282. The van der Waals surface area contributed by atoms with Gasteiger partial charge in [-0.2, -0.15) is 0 Å². The Bertz CT molecular complexity index is 483. The SMILES string of the molecule is CC(=O)N1Cc2cc(O)ccc2C[C@H]1C(=O)O. The number of carboxylic acid groups (broad SMARTS) is 1. The molecular weight excluding hydrogens is 222 g/mol. The summed E-state index contributed by atoms with van der Waals surface area (Å²) < 4.78 is 0. The minimum Gasteiger partial charge on any atom is -0.508 e. The Morgan fingerprint density at radius 2 is 2.06 bits per heavy atom. The zero-order valence-electron chi connectivity index (χ0n) is 9.38. The lowest BCUT2D eigenvalue weighted by atomic mass is 9.93. The van der Waals surface area contributed by atoms with E-state index in [4.69, 9.17) is 5.11 Å². The minimum atomic E-state index is -1.00. The van der Waals surface area contributed by atoms with Gasteiger partial charge in [-0.3, -0.25) is 4.79 Å². The maximum absolute atomic E-state index is 11.4. The number of amides is 1. The first-order chi connectivity index (χ1) is 7.99. The Balaban J connectivity index is 2.39. The van der Waals surface area contributed by atoms with Gasteiger partial charge in [-0.05, 0) is 23.3 Å². The van der Waals surface area contributed by atoms with Crippen LogP contribution < -0.4 is 0 Å². The van der Waals surface area contributed by atoms with Gasteiger partial charge in [0.05, 0.1) is 0 Å². The molecule has 5 heteroatoms. The number of rotatable bonds is 1. The van der Waals surface area contributed by atoms with E-state index in [0.29, 0.717) is 0 Å². The van der Waals surface area contributed by atoms with Gasteiger partial charge >= 0.3 is 5.97 Å². The van der Waals surface area contributed by atoms with Crippen LogP contribution in [0.15, 0.2) is 18.2 Å². The van der Waals surface area contributed by atoms with Crippen LogP contribution in [0.1, 0.15) is 18.1 Å². The number of phenolic OH excluding ortho intramolecular Hbond substituents is 1. The van der Waals surface area contributed by atoms with Crippen molar-refractivity contribution in [3.05, 3.63) is 29.3 Å². The van der Waals surface area contributed by atoms with Crippen molar-refractivity contribution in [2.45, 2.75) is 25.9 Å². The van der Waals surface area contributed by atoms with Gasteiger partial charge in [0.2, 0.25) is 5.91 Å². The summed E-state index contributed by atoms with van der Waals surface area (Å²) in [7, 11) is 0. The van der Waals surface area contributed by atoms with E-state index in [-0.39, 0.29) is 24.6 Å². The molecule has 1 aromatic rings. The van der Waals surface area contributed by atoms with Gasteiger partial charge in [0.25, 0.3) is 0 Å². The topological polar surface area (TPSA) is 77.8 Å². The molecule has 1 aliphatic heterocycles. The highest BCUT2D eigenvalue weighted by Gasteiger charge is 2.32. The summed E-state index contributed by atoms with van der Waals surface area (Å²) in [5.74, 6) is -1.15. The molecule has 0 bridgehead atoms. The van der Waals surface area contributed by atoms with Crippen molar-refractivity contribution < 1.29 is 19.8 Å². The Hall–Kier alpha value is -2.04. The molecular formula is C12H13NO4. The first-order valence-corrected chi connectivity index (χ1v) is 5.30. The monoisotopic (exact) mass is 235 g/mol. The van der Waals surface area contributed by atoms with Crippen molar-refractivity contribution in [3.63, 3.8) is 0 Å². The van der Waals surface area contributed by atoms with Crippen LogP contribution >= 0.6 is 0 Å². The summed E-state index contributed by atoms with van der Waals surface area (Å²) in [6.45, 7) is 1.58. The number of hydrogen-bond acceptors (Lipinski definition) is 3. The van der Waals surface area contributed by atoms with E-state index in [9.17, 15) is 14.7 Å². The Kier molecular flexibility index (Phi) is 2.75. The molecule has 2 N–H and O–H groups in total. The van der Waals surface area contributed by atoms with Crippen LogP contribution in [0.3, 0.4) is 0 Å². The molecule has 1 aliphatic rings. The molecule has 1 amide bonds. The van der Waals surface area contributed by atoms with Crippen LogP contribution in [0.2, 0.25) is 0 Å². The average molecular weight is 235 g/mol. The zero-order chi connectivity index (χ0) is 12.6. The fourth-order valence-corrected chi connectivity index (χ4v) is 2.12. The summed E-state index contributed by atoms with van der Waals surface area (Å²) >= 11 is 0. The number of hydrogen-bond donors (Lipinski definition) is 2. The number of phenols is 1. The quantitative estimate of drug-likeness (QED) is 0.753. The lowest BCUT2D eigenvalue weighted by molar-refractivity contribution is -0.150. The number of carbonyl (C=O) groups is 2. The Morgan fingerprint density at radius 3 is 2.65 bits per heavy atom. The van der Waals surface area contributed by atoms with E-state index in [1.54, 1.807) is 12.1 Å². The highest BCUT2D eigenvalue weighted by atomic mass is 16.4. The van der Waals surface area contributed by atoms with Crippen molar-refractivity contribution in [2.24, 2.45) is 0 Å². The van der Waals surface area contributed by atoms with Crippen LogP contribution in [-0.2, 0) is 22.6 Å². The summed E-state index contributed by atoms with van der Waals surface area (Å²) in [6, 6.07) is 3.99. The van der Waals surface area contributed by atoms with Gasteiger partial charge in [0.1, 0.15) is 11.8 Å². The molecule has 0 spiro atoms. The predicted octanol–water partition coefficient (Wildman–Crippen LogP) is 0.750. The lowest BCUT2D eigenvalue weighted by Crippen LogP contribution is -2.47. The minimum absolute atomic E-state index is 0.126. The molecule has 0 saturated carbocycles. The lowest BCUT2D eigenvalue weighted by Gasteiger charge is -2.33.